The third kappa shape index (κ3) is 8.39. The normalized spacial score (nSPS) is 19.2. The van der Waals surface area contributed by atoms with Gasteiger partial charge < -0.3 is 20.9 Å². The summed E-state index contributed by atoms with van der Waals surface area (Å²) in [6, 6.07) is 4.25. The number of primary amides is 1. The molecule has 204 valence electrons. The van der Waals surface area contributed by atoms with Gasteiger partial charge in [0.25, 0.3) is 0 Å². The van der Waals surface area contributed by atoms with E-state index >= 15 is 0 Å². The minimum Gasteiger partial charge on any atom is -0.351 e. The maximum atomic E-state index is 13.1. The Morgan fingerprint density at radius 1 is 1.14 bits per heavy atom. The lowest BCUT2D eigenvalue weighted by molar-refractivity contribution is -0.134. The van der Waals surface area contributed by atoms with Crippen molar-refractivity contribution in [3.05, 3.63) is 45.4 Å². The molecule has 3 N–H and O–H groups in total. The van der Waals surface area contributed by atoms with Crippen molar-refractivity contribution in [1.29, 1.82) is 5.41 Å². The number of rotatable bonds is 10. The number of piperazine rings is 1. The molecule has 1 unspecified atom stereocenters. The summed E-state index contributed by atoms with van der Waals surface area (Å²) in [6.07, 6.45) is 11.0. The van der Waals surface area contributed by atoms with Crippen molar-refractivity contribution in [2.45, 2.75) is 63.2 Å². The number of urea groups is 1. The predicted octanol–water partition coefficient (Wildman–Crippen LogP) is 5.44. The molecule has 2 fully saturated rings. The molecule has 0 aromatic heterocycles. The van der Waals surface area contributed by atoms with E-state index in [1.165, 1.54) is 22.9 Å². The van der Waals surface area contributed by atoms with Crippen LogP contribution in [0, 0.1) is 18.3 Å². The Labute approximate surface area is 238 Å². The number of amides is 3. The first-order valence-electron chi connectivity index (χ1n) is 13.4. The first-order valence-corrected chi connectivity index (χ1v) is 15.1. The lowest BCUT2D eigenvalue weighted by atomic mass is 9.92. The van der Waals surface area contributed by atoms with Crippen LogP contribution in [0.2, 0.25) is 0 Å². The van der Waals surface area contributed by atoms with E-state index in [4.69, 9.17) is 11.1 Å². The molecule has 0 spiro atoms. The van der Waals surface area contributed by atoms with Crippen LogP contribution in [0.1, 0.15) is 61.8 Å². The minimum atomic E-state index is -0.365. The quantitative estimate of drug-likeness (QED) is 0.203. The molecule has 1 aromatic rings. The van der Waals surface area contributed by atoms with Crippen LogP contribution in [0.3, 0.4) is 0 Å². The zero-order valence-corrected chi connectivity index (χ0v) is 25.3. The summed E-state index contributed by atoms with van der Waals surface area (Å²) in [5, 5.41) is 7.50. The Bertz CT molecular complexity index is 970. The van der Waals surface area contributed by atoms with E-state index in [1.54, 1.807) is 4.90 Å². The molecule has 37 heavy (non-hydrogen) atoms. The molecular weight excluding hydrogens is 598 g/mol. The Kier molecular flexibility index (Phi) is 11.7. The van der Waals surface area contributed by atoms with Gasteiger partial charge in [0.15, 0.2) is 0 Å². The van der Waals surface area contributed by atoms with Crippen molar-refractivity contribution in [2.75, 3.05) is 39.3 Å². The highest BCUT2D eigenvalue weighted by Gasteiger charge is 2.30. The Hall–Kier alpha value is -1.71. The average molecular weight is 639 g/mol. The van der Waals surface area contributed by atoms with E-state index < -0.39 is 0 Å². The van der Waals surface area contributed by atoms with Crippen LogP contribution >= 0.6 is 31.9 Å². The number of nitrogens with zero attached hydrogens (tertiary/aromatic N) is 3. The molecule has 9 heteroatoms. The van der Waals surface area contributed by atoms with E-state index in [2.05, 4.69) is 74.9 Å². The van der Waals surface area contributed by atoms with E-state index in [9.17, 15) is 9.59 Å². The van der Waals surface area contributed by atoms with Gasteiger partial charge in [0.1, 0.15) is 0 Å². The molecule has 2 saturated heterocycles. The summed E-state index contributed by atoms with van der Waals surface area (Å²) in [4.78, 5) is 30.7. The topological polar surface area (TPSA) is 93.7 Å². The van der Waals surface area contributed by atoms with E-state index in [1.807, 2.05) is 4.90 Å². The second-order valence-corrected chi connectivity index (χ2v) is 12.3. The Morgan fingerprint density at radius 3 is 2.41 bits per heavy atom. The second-order valence-electron chi connectivity index (χ2n) is 10.3. The number of carbonyl (C=O) groups is 2. The lowest BCUT2D eigenvalue weighted by Gasteiger charge is -2.40. The molecule has 0 aliphatic carbocycles. The number of halogens is 2. The molecule has 1 aromatic carbocycles. The first kappa shape index (κ1) is 29.8. The third-order valence-electron chi connectivity index (χ3n) is 7.48. The summed E-state index contributed by atoms with van der Waals surface area (Å²) in [6.45, 7) is 8.72. The number of likely N-dealkylation sites (tertiary alicyclic amines) is 1. The molecule has 2 heterocycles. The highest BCUT2D eigenvalue weighted by molar-refractivity contribution is 9.10. The highest BCUT2D eigenvalue weighted by Crippen LogP contribution is 2.35. The number of hydrogen-bond donors (Lipinski definition) is 2. The molecule has 2 aliphatic rings. The standard InChI is InChI=1S/C28H41Br2N5O2/c1-3-5-22-16-20(2)17-24(30)27(22)25(7-4-6-23(29)19-31)33-12-14-34(15-13-33)26(36)18-21-8-10-35(11-9-21)28(32)37/h4,7,16-17,19,21,23,25,31H,3,5-6,8-15,18H2,1-2H3,(H2,32,37)/b7-4+,31-19?/t23?,25-/m0/s1. The first-order chi connectivity index (χ1) is 17.7. The fourth-order valence-electron chi connectivity index (χ4n) is 5.42. The van der Waals surface area contributed by atoms with Gasteiger partial charge in [-0.25, -0.2) is 4.79 Å². The Morgan fingerprint density at radius 2 is 1.81 bits per heavy atom. The number of alkyl halides is 1. The van der Waals surface area contributed by atoms with Gasteiger partial charge in [0.2, 0.25) is 5.91 Å². The number of aryl methyl sites for hydroxylation is 2. The van der Waals surface area contributed by atoms with Gasteiger partial charge in [0.05, 0.1) is 10.9 Å². The zero-order chi connectivity index (χ0) is 26.9. The van der Waals surface area contributed by atoms with Gasteiger partial charge in [-0.1, -0.05) is 63.4 Å². The van der Waals surface area contributed by atoms with Crippen LogP contribution in [0.5, 0.6) is 0 Å². The van der Waals surface area contributed by atoms with Crippen molar-refractivity contribution < 1.29 is 9.59 Å². The molecule has 0 bridgehead atoms. The van der Waals surface area contributed by atoms with Crippen molar-refractivity contribution in [1.82, 2.24) is 14.7 Å². The average Bonchev–Trinajstić information content (AvgIpc) is 2.87. The monoisotopic (exact) mass is 637 g/mol. The maximum Gasteiger partial charge on any atom is 0.314 e. The number of benzene rings is 1. The number of hydrogen-bond acceptors (Lipinski definition) is 4. The van der Waals surface area contributed by atoms with Crippen LogP contribution in [-0.4, -0.2) is 76.9 Å². The summed E-state index contributed by atoms with van der Waals surface area (Å²) in [7, 11) is 0. The van der Waals surface area contributed by atoms with Gasteiger partial charge in [-0.05, 0) is 61.3 Å². The van der Waals surface area contributed by atoms with Crippen molar-refractivity contribution in [3.63, 3.8) is 0 Å². The van der Waals surface area contributed by atoms with E-state index in [-0.39, 0.29) is 22.8 Å². The van der Waals surface area contributed by atoms with E-state index in [0.29, 0.717) is 25.4 Å². The van der Waals surface area contributed by atoms with Gasteiger partial charge in [0, 0.05) is 56.4 Å². The van der Waals surface area contributed by atoms with Crippen LogP contribution in [-0.2, 0) is 11.2 Å². The van der Waals surface area contributed by atoms with Crippen LogP contribution in [0.4, 0.5) is 4.79 Å². The molecule has 0 saturated carbocycles. The lowest BCUT2D eigenvalue weighted by Crippen LogP contribution is -2.50. The maximum absolute atomic E-state index is 13.1. The largest absolute Gasteiger partial charge is 0.351 e. The summed E-state index contributed by atoms with van der Waals surface area (Å²) >= 11 is 7.40. The second kappa shape index (κ2) is 14.4. The SMILES string of the molecule is CCCc1cc(C)cc(Br)c1[C@H](/C=C/CC(Br)C=N)N1CCN(C(=O)CC2CCN(C(N)=O)CC2)CC1. The minimum absolute atomic E-state index is 0.0327. The molecule has 2 aliphatic heterocycles. The number of nitrogens with one attached hydrogen (secondary N) is 1. The smallest absolute Gasteiger partial charge is 0.314 e. The van der Waals surface area contributed by atoms with Gasteiger partial charge in [-0.2, -0.15) is 0 Å². The predicted molar refractivity (Wildman–Crippen MR) is 158 cm³/mol. The Balaban J connectivity index is 1.69. The van der Waals surface area contributed by atoms with Crippen LogP contribution in [0.25, 0.3) is 0 Å². The molecule has 2 atom stereocenters. The van der Waals surface area contributed by atoms with Gasteiger partial charge in [-0.15, -0.1) is 0 Å². The fourth-order valence-corrected chi connectivity index (χ4v) is 6.49. The zero-order valence-electron chi connectivity index (χ0n) is 22.1. The highest BCUT2D eigenvalue weighted by atomic mass is 79.9. The summed E-state index contributed by atoms with van der Waals surface area (Å²) < 4.78 is 1.13. The van der Waals surface area contributed by atoms with Crippen LogP contribution < -0.4 is 5.73 Å². The third-order valence-corrected chi connectivity index (χ3v) is 8.78. The van der Waals surface area contributed by atoms with Crippen molar-refractivity contribution in [2.24, 2.45) is 11.7 Å². The van der Waals surface area contributed by atoms with E-state index in [0.717, 1.165) is 62.8 Å². The number of piperidine rings is 1. The molecular formula is C28H41Br2N5O2. The summed E-state index contributed by atoms with van der Waals surface area (Å²) in [5.41, 5.74) is 9.32. The number of nitrogens with two attached hydrogens (primary N) is 1. The molecule has 7 nitrogen and oxygen atoms in total. The molecule has 0 radical (unpaired) electrons. The fraction of sp³-hybridized carbons (Fsp3) is 0.607. The number of allylic oxidation sites excluding steroid dienone is 1. The molecule has 3 amide bonds. The van der Waals surface area contributed by atoms with Gasteiger partial charge in [-0.3, -0.25) is 9.69 Å². The number of carbonyl (C=O) groups excluding carboxylic acids is 2. The van der Waals surface area contributed by atoms with Gasteiger partial charge >= 0.3 is 6.03 Å². The van der Waals surface area contributed by atoms with Crippen LogP contribution in [0.15, 0.2) is 28.8 Å². The summed E-state index contributed by atoms with van der Waals surface area (Å²) in [5.74, 6) is 0.545. The molecule has 3 rings (SSSR count). The van der Waals surface area contributed by atoms with Crippen molar-refractivity contribution in [3.8, 4) is 0 Å². The van der Waals surface area contributed by atoms with Crippen molar-refractivity contribution >= 4 is 50.0 Å².